The van der Waals surface area contributed by atoms with Gasteiger partial charge < -0.3 is 15.1 Å². The van der Waals surface area contributed by atoms with Gasteiger partial charge in [-0.1, -0.05) is 6.42 Å². The highest BCUT2D eigenvalue weighted by Gasteiger charge is 2.26. The first-order valence-corrected chi connectivity index (χ1v) is 10.9. The van der Waals surface area contributed by atoms with E-state index in [0.717, 1.165) is 38.2 Å². The molecule has 2 aliphatic heterocycles. The van der Waals surface area contributed by atoms with Crippen molar-refractivity contribution >= 4 is 5.96 Å². The smallest absolute Gasteiger partial charge is 0.193 e. The van der Waals surface area contributed by atoms with Crippen LogP contribution in [0, 0.1) is 0 Å². The van der Waals surface area contributed by atoms with E-state index in [1.54, 1.807) is 0 Å². The Bertz CT molecular complexity index is 595. The number of hydrogen-bond acceptors (Lipinski definition) is 3. The van der Waals surface area contributed by atoms with Crippen LogP contribution in [0.5, 0.6) is 0 Å². The van der Waals surface area contributed by atoms with Crippen LogP contribution in [0.2, 0.25) is 0 Å². The van der Waals surface area contributed by atoms with Gasteiger partial charge in [-0.15, -0.1) is 0 Å². The summed E-state index contributed by atoms with van der Waals surface area (Å²) in [6, 6.07) is 0.772. The number of likely N-dealkylation sites (tertiary alicyclic amines) is 2. The Morgan fingerprint density at radius 3 is 2.89 bits per heavy atom. The van der Waals surface area contributed by atoms with Crippen molar-refractivity contribution in [3.8, 4) is 0 Å². The first kappa shape index (κ1) is 20.2. The summed E-state index contributed by atoms with van der Waals surface area (Å²) in [6.07, 6.45) is 11.9. The summed E-state index contributed by atoms with van der Waals surface area (Å²) in [5, 5.41) is 7.82. The minimum absolute atomic E-state index is 0.572. The number of rotatable bonds is 7. The number of nitrogens with one attached hydrogen (secondary N) is 1. The van der Waals surface area contributed by atoms with Gasteiger partial charge in [-0.2, -0.15) is 5.10 Å². The van der Waals surface area contributed by atoms with Crippen LogP contribution in [-0.4, -0.2) is 70.9 Å². The van der Waals surface area contributed by atoms with Crippen LogP contribution in [-0.2, 0) is 7.05 Å². The van der Waals surface area contributed by atoms with E-state index in [-0.39, 0.29) is 0 Å². The quantitative estimate of drug-likeness (QED) is 0.453. The van der Waals surface area contributed by atoms with E-state index < -0.39 is 0 Å². The Hall–Kier alpha value is -1.56. The first-order chi connectivity index (χ1) is 13.2. The first-order valence-electron chi connectivity index (χ1n) is 10.9. The monoisotopic (exact) mass is 374 g/mol. The maximum absolute atomic E-state index is 4.92. The zero-order chi connectivity index (χ0) is 19.1. The van der Waals surface area contributed by atoms with Crippen LogP contribution >= 0.6 is 0 Å². The summed E-state index contributed by atoms with van der Waals surface area (Å²) in [5.74, 6) is 1.67. The lowest BCUT2D eigenvalue weighted by atomic mass is 10.0. The molecule has 27 heavy (non-hydrogen) atoms. The minimum atomic E-state index is 0.572. The fraction of sp³-hybridized carbons (Fsp3) is 0.810. The molecule has 0 bridgehead atoms. The second kappa shape index (κ2) is 10.1. The summed E-state index contributed by atoms with van der Waals surface area (Å²) in [4.78, 5) is 10.0. The van der Waals surface area contributed by atoms with Crippen LogP contribution in [0.15, 0.2) is 17.4 Å². The molecule has 0 saturated carbocycles. The summed E-state index contributed by atoms with van der Waals surface area (Å²) < 4.78 is 1.90. The number of guanidine groups is 1. The highest BCUT2D eigenvalue weighted by atomic mass is 15.3. The Kier molecular flexibility index (Phi) is 7.56. The molecule has 0 amide bonds. The fourth-order valence-electron chi connectivity index (χ4n) is 4.40. The molecule has 3 heterocycles. The van der Waals surface area contributed by atoms with E-state index in [1.807, 2.05) is 17.9 Å². The fourth-order valence-corrected chi connectivity index (χ4v) is 4.40. The lowest BCUT2D eigenvalue weighted by Crippen LogP contribution is -2.40. The molecule has 6 nitrogen and oxygen atoms in total. The molecular weight excluding hydrogens is 336 g/mol. The third kappa shape index (κ3) is 5.71. The molecule has 2 aliphatic rings. The van der Waals surface area contributed by atoms with Crippen molar-refractivity contribution in [3.05, 3.63) is 18.0 Å². The number of aliphatic imine (C=N–C) groups is 1. The van der Waals surface area contributed by atoms with E-state index in [1.165, 1.54) is 57.2 Å². The molecule has 1 aromatic rings. The van der Waals surface area contributed by atoms with Crippen molar-refractivity contribution in [1.29, 1.82) is 0 Å². The van der Waals surface area contributed by atoms with Crippen LogP contribution in [0.4, 0.5) is 0 Å². The minimum Gasteiger partial charge on any atom is -0.357 e. The number of aromatic nitrogens is 2. The van der Waals surface area contributed by atoms with Gasteiger partial charge in [0.15, 0.2) is 5.96 Å². The molecule has 0 radical (unpaired) electrons. The largest absolute Gasteiger partial charge is 0.357 e. The lowest BCUT2D eigenvalue weighted by Gasteiger charge is -2.33. The van der Waals surface area contributed by atoms with Crippen molar-refractivity contribution in [2.75, 3.05) is 39.3 Å². The van der Waals surface area contributed by atoms with Crippen molar-refractivity contribution in [3.63, 3.8) is 0 Å². The molecule has 2 unspecified atom stereocenters. The molecule has 1 N–H and O–H groups in total. The standard InChI is InChI=1S/C21H38N6/c1-4-22-21(23-11-6-8-13-26-12-7-5-9-18(26)2)27-14-10-19(17-27)20-15-24-25(3)16-20/h15-16,18-19H,4-14,17H2,1-3H3,(H,22,23). The van der Waals surface area contributed by atoms with Gasteiger partial charge in [0, 0.05) is 51.4 Å². The summed E-state index contributed by atoms with van der Waals surface area (Å²) in [7, 11) is 1.99. The highest BCUT2D eigenvalue weighted by Crippen LogP contribution is 2.26. The van der Waals surface area contributed by atoms with Gasteiger partial charge in [0.1, 0.15) is 0 Å². The lowest BCUT2D eigenvalue weighted by molar-refractivity contribution is 0.158. The third-order valence-corrected chi connectivity index (χ3v) is 6.07. The Morgan fingerprint density at radius 1 is 1.26 bits per heavy atom. The second-order valence-corrected chi connectivity index (χ2v) is 8.20. The number of unbranched alkanes of at least 4 members (excludes halogenated alkanes) is 1. The summed E-state index contributed by atoms with van der Waals surface area (Å²) in [5.41, 5.74) is 1.35. The van der Waals surface area contributed by atoms with Gasteiger partial charge in [-0.3, -0.25) is 9.67 Å². The third-order valence-electron chi connectivity index (χ3n) is 6.07. The van der Waals surface area contributed by atoms with Crippen molar-refractivity contribution in [2.24, 2.45) is 12.0 Å². The summed E-state index contributed by atoms with van der Waals surface area (Å²) in [6.45, 7) is 11.0. The topological polar surface area (TPSA) is 48.7 Å². The number of nitrogens with zero attached hydrogens (tertiary/aromatic N) is 5. The van der Waals surface area contributed by atoms with Gasteiger partial charge in [0.2, 0.25) is 0 Å². The Labute approximate surface area is 165 Å². The number of piperidine rings is 1. The van der Waals surface area contributed by atoms with Crippen LogP contribution in [0.3, 0.4) is 0 Å². The number of aryl methyl sites for hydroxylation is 1. The molecule has 3 rings (SSSR count). The van der Waals surface area contributed by atoms with Gasteiger partial charge in [0.05, 0.1) is 6.20 Å². The summed E-state index contributed by atoms with van der Waals surface area (Å²) >= 11 is 0. The predicted octanol–water partition coefficient (Wildman–Crippen LogP) is 2.83. The van der Waals surface area contributed by atoms with Crippen LogP contribution in [0.25, 0.3) is 0 Å². The predicted molar refractivity (Wildman–Crippen MR) is 112 cm³/mol. The zero-order valence-corrected chi connectivity index (χ0v) is 17.5. The van der Waals surface area contributed by atoms with Gasteiger partial charge in [-0.25, -0.2) is 0 Å². The number of hydrogen-bond donors (Lipinski definition) is 1. The van der Waals surface area contributed by atoms with Crippen LogP contribution in [0.1, 0.15) is 63.9 Å². The molecule has 152 valence electrons. The van der Waals surface area contributed by atoms with Gasteiger partial charge >= 0.3 is 0 Å². The maximum Gasteiger partial charge on any atom is 0.193 e. The SMILES string of the molecule is CCNC(=NCCCCN1CCCCC1C)N1CCC(c2cnn(C)c2)C1. The molecule has 1 aromatic heterocycles. The van der Waals surface area contributed by atoms with E-state index in [4.69, 9.17) is 4.99 Å². The molecular formula is C21H38N6. The van der Waals surface area contributed by atoms with Gasteiger partial charge in [0.25, 0.3) is 0 Å². The Balaban J connectivity index is 1.44. The van der Waals surface area contributed by atoms with Gasteiger partial charge in [-0.05, 0) is 64.6 Å². The molecule has 2 saturated heterocycles. The van der Waals surface area contributed by atoms with Crippen LogP contribution < -0.4 is 5.32 Å². The molecule has 0 aromatic carbocycles. The van der Waals surface area contributed by atoms with E-state index in [0.29, 0.717) is 5.92 Å². The van der Waals surface area contributed by atoms with E-state index in [9.17, 15) is 0 Å². The average Bonchev–Trinajstić information content (AvgIpc) is 3.31. The average molecular weight is 375 g/mol. The maximum atomic E-state index is 4.92. The van der Waals surface area contributed by atoms with E-state index >= 15 is 0 Å². The Morgan fingerprint density at radius 2 is 2.15 bits per heavy atom. The second-order valence-electron chi connectivity index (χ2n) is 8.20. The molecule has 6 heteroatoms. The van der Waals surface area contributed by atoms with E-state index in [2.05, 4.69) is 40.3 Å². The van der Waals surface area contributed by atoms with Crippen molar-refractivity contribution in [2.45, 2.75) is 64.3 Å². The molecule has 0 aliphatic carbocycles. The van der Waals surface area contributed by atoms with Crippen molar-refractivity contribution < 1.29 is 0 Å². The molecule has 2 fully saturated rings. The molecule has 2 atom stereocenters. The normalized spacial score (nSPS) is 24.6. The zero-order valence-electron chi connectivity index (χ0n) is 17.5. The molecule has 0 spiro atoms. The van der Waals surface area contributed by atoms with Crippen molar-refractivity contribution in [1.82, 2.24) is 24.9 Å². The highest BCUT2D eigenvalue weighted by molar-refractivity contribution is 5.80.